The van der Waals surface area contributed by atoms with Gasteiger partial charge in [0.05, 0.1) is 5.69 Å². The van der Waals surface area contributed by atoms with Crippen molar-refractivity contribution in [1.29, 1.82) is 0 Å². The third kappa shape index (κ3) is 4.95. The zero-order valence-electron chi connectivity index (χ0n) is 16.3. The first-order chi connectivity index (χ1) is 13.1. The third-order valence-corrected chi connectivity index (χ3v) is 5.27. The second kappa shape index (κ2) is 8.81. The van der Waals surface area contributed by atoms with E-state index >= 15 is 0 Å². The van der Waals surface area contributed by atoms with E-state index in [1.165, 1.54) is 4.88 Å². The molecule has 0 bridgehead atoms. The molecule has 0 spiro atoms. The Morgan fingerprint density at radius 2 is 2.15 bits per heavy atom. The van der Waals surface area contributed by atoms with Crippen LogP contribution in [0.15, 0.2) is 46.9 Å². The molecule has 3 aromatic rings. The van der Waals surface area contributed by atoms with Crippen molar-refractivity contribution in [2.75, 3.05) is 20.6 Å². The highest BCUT2D eigenvalue weighted by Crippen LogP contribution is 2.11. The van der Waals surface area contributed by atoms with Gasteiger partial charge >= 0.3 is 0 Å². The summed E-state index contributed by atoms with van der Waals surface area (Å²) in [7, 11) is 3.88. The van der Waals surface area contributed by atoms with E-state index in [-0.39, 0.29) is 0 Å². The van der Waals surface area contributed by atoms with E-state index < -0.39 is 0 Å². The Morgan fingerprint density at radius 1 is 1.30 bits per heavy atom. The van der Waals surface area contributed by atoms with Crippen molar-refractivity contribution in [2.24, 2.45) is 4.99 Å². The van der Waals surface area contributed by atoms with Gasteiger partial charge < -0.3 is 10.2 Å². The zero-order valence-corrected chi connectivity index (χ0v) is 17.1. The van der Waals surface area contributed by atoms with E-state index in [0.717, 1.165) is 41.7 Å². The number of aryl methyl sites for hydroxylation is 2. The van der Waals surface area contributed by atoms with Crippen LogP contribution in [0.25, 0.3) is 5.82 Å². The summed E-state index contributed by atoms with van der Waals surface area (Å²) in [5, 5.41) is 10.00. The second-order valence-corrected chi connectivity index (χ2v) is 7.55. The number of nitrogens with one attached hydrogen (secondary N) is 1. The summed E-state index contributed by atoms with van der Waals surface area (Å²) in [6, 6.07) is 10.4. The summed E-state index contributed by atoms with van der Waals surface area (Å²) in [4.78, 5) is 12.5. The predicted molar refractivity (Wildman–Crippen MR) is 112 cm³/mol. The monoisotopic (exact) mass is 382 g/mol. The lowest BCUT2D eigenvalue weighted by molar-refractivity contribution is 0.486. The van der Waals surface area contributed by atoms with E-state index in [9.17, 15) is 0 Å². The molecule has 3 aromatic heterocycles. The number of hydrogen-bond acceptors (Lipinski definition) is 4. The normalized spacial score (nSPS) is 11.6. The average molecular weight is 383 g/mol. The number of aliphatic imine (C=N–C) groups is 1. The number of guanidine groups is 1. The van der Waals surface area contributed by atoms with Gasteiger partial charge in [-0.3, -0.25) is 4.99 Å². The SMILES string of the molecule is CN=C(NCc1ccc(-n2nc(C)cc2C)nc1)N(C)CCc1cccs1. The third-order valence-electron chi connectivity index (χ3n) is 4.33. The van der Waals surface area contributed by atoms with Gasteiger partial charge in [-0.15, -0.1) is 11.3 Å². The van der Waals surface area contributed by atoms with Crippen molar-refractivity contribution in [3.05, 3.63) is 63.7 Å². The topological polar surface area (TPSA) is 58.3 Å². The quantitative estimate of drug-likeness (QED) is 0.525. The molecule has 0 amide bonds. The summed E-state index contributed by atoms with van der Waals surface area (Å²) >= 11 is 1.79. The number of aromatic nitrogens is 3. The first kappa shape index (κ1) is 19.1. The molecule has 0 saturated heterocycles. The smallest absolute Gasteiger partial charge is 0.193 e. The van der Waals surface area contributed by atoms with E-state index in [4.69, 9.17) is 0 Å². The van der Waals surface area contributed by atoms with Crippen molar-refractivity contribution in [2.45, 2.75) is 26.8 Å². The van der Waals surface area contributed by atoms with Crippen LogP contribution in [0.1, 0.15) is 21.8 Å². The van der Waals surface area contributed by atoms with Crippen LogP contribution >= 0.6 is 11.3 Å². The summed E-state index contributed by atoms with van der Waals surface area (Å²) in [5.41, 5.74) is 3.18. The Labute approximate surface area is 164 Å². The van der Waals surface area contributed by atoms with Crippen LogP contribution in [0.4, 0.5) is 0 Å². The summed E-state index contributed by atoms with van der Waals surface area (Å²) < 4.78 is 1.86. The standard InChI is InChI=1S/C20H26N6S/c1-15-12-16(2)26(24-15)19-8-7-17(13-22-19)14-23-20(21-3)25(4)10-9-18-6-5-11-27-18/h5-8,11-13H,9-10,14H2,1-4H3,(H,21,23). The molecule has 0 aliphatic carbocycles. The first-order valence-corrected chi connectivity index (χ1v) is 9.87. The molecule has 0 aliphatic rings. The van der Waals surface area contributed by atoms with Crippen LogP contribution < -0.4 is 5.32 Å². The molecule has 0 aromatic carbocycles. The molecule has 3 rings (SSSR count). The van der Waals surface area contributed by atoms with Crippen molar-refractivity contribution in [3.8, 4) is 5.82 Å². The van der Waals surface area contributed by atoms with Gasteiger partial charge in [0.1, 0.15) is 0 Å². The fourth-order valence-electron chi connectivity index (χ4n) is 2.91. The molecule has 142 valence electrons. The molecule has 1 N–H and O–H groups in total. The number of nitrogens with zero attached hydrogens (tertiary/aromatic N) is 5. The minimum absolute atomic E-state index is 0.681. The molecule has 27 heavy (non-hydrogen) atoms. The van der Waals surface area contributed by atoms with Crippen molar-refractivity contribution in [1.82, 2.24) is 25.0 Å². The number of rotatable bonds is 6. The Hall–Kier alpha value is -2.67. The molecule has 0 saturated carbocycles. The van der Waals surface area contributed by atoms with Crippen molar-refractivity contribution in [3.63, 3.8) is 0 Å². The van der Waals surface area contributed by atoms with E-state index in [0.29, 0.717) is 6.54 Å². The van der Waals surface area contributed by atoms with Gasteiger partial charge in [-0.1, -0.05) is 12.1 Å². The van der Waals surface area contributed by atoms with Crippen molar-refractivity contribution < 1.29 is 0 Å². The molecule has 6 nitrogen and oxygen atoms in total. The Bertz CT molecular complexity index is 880. The number of hydrogen-bond donors (Lipinski definition) is 1. The average Bonchev–Trinajstić information content (AvgIpc) is 3.30. The summed E-state index contributed by atoms with van der Waals surface area (Å²) in [6.07, 6.45) is 2.91. The molecular formula is C20H26N6S. The predicted octanol–water partition coefficient (Wildman–Crippen LogP) is 3.20. The van der Waals surface area contributed by atoms with Crippen LogP contribution in [0, 0.1) is 13.8 Å². The summed E-state index contributed by atoms with van der Waals surface area (Å²) in [5.74, 6) is 1.72. The molecular weight excluding hydrogens is 356 g/mol. The molecule has 0 fully saturated rings. The van der Waals surface area contributed by atoms with Crippen molar-refractivity contribution >= 4 is 17.3 Å². The van der Waals surface area contributed by atoms with Crippen LogP contribution in [0.3, 0.4) is 0 Å². The largest absolute Gasteiger partial charge is 0.352 e. The van der Waals surface area contributed by atoms with E-state index in [1.54, 1.807) is 11.3 Å². The first-order valence-electron chi connectivity index (χ1n) is 8.99. The van der Waals surface area contributed by atoms with Gasteiger partial charge in [-0.2, -0.15) is 5.10 Å². The van der Waals surface area contributed by atoms with Gasteiger partial charge in [0.2, 0.25) is 0 Å². The summed E-state index contributed by atoms with van der Waals surface area (Å²) in [6.45, 7) is 5.63. The molecule has 0 aliphatic heterocycles. The maximum absolute atomic E-state index is 4.55. The highest BCUT2D eigenvalue weighted by molar-refractivity contribution is 7.09. The lowest BCUT2D eigenvalue weighted by Crippen LogP contribution is -2.39. The van der Waals surface area contributed by atoms with Crippen LogP contribution in [0.5, 0.6) is 0 Å². The highest BCUT2D eigenvalue weighted by Gasteiger charge is 2.08. The lowest BCUT2D eigenvalue weighted by Gasteiger charge is -2.21. The molecule has 0 radical (unpaired) electrons. The van der Waals surface area contributed by atoms with Crippen LogP contribution in [-0.4, -0.2) is 46.3 Å². The fraction of sp³-hybridized carbons (Fsp3) is 0.350. The van der Waals surface area contributed by atoms with Gasteiger partial charge in [-0.25, -0.2) is 9.67 Å². The molecule has 0 unspecified atom stereocenters. The Balaban J connectivity index is 1.55. The van der Waals surface area contributed by atoms with Gasteiger partial charge in [0.15, 0.2) is 11.8 Å². The molecule has 7 heteroatoms. The Kier molecular flexibility index (Phi) is 6.24. The maximum Gasteiger partial charge on any atom is 0.193 e. The van der Waals surface area contributed by atoms with Gasteiger partial charge in [-0.05, 0) is 49.4 Å². The highest BCUT2D eigenvalue weighted by atomic mass is 32.1. The molecule has 0 atom stereocenters. The molecule has 3 heterocycles. The lowest BCUT2D eigenvalue weighted by atomic mass is 10.3. The van der Waals surface area contributed by atoms with Crippen LogP contribution in [-0.2, 0) is 13.0 Å². The minimum atomic E-state index is 0.681. The van der Waals surface area contributed by atoms with E-state index in [1.807, 2.05) is 43.9 Å². The van der Waals surface area contributed by atoms with E-state index in [2.05, 4.69) is 55.9 Å². The van der Waals surface area contributed by atoms with Crippen LogP contribution in [0.2, 0.25) is 0 Å². The zero-order chi connectivity index (χ0) is 19.2. The van der Waals surface area contributed by atoms with Gasteiger partial charge in [0, 0.05) is 44.0 Å². The maximum atomic E-state index is 4.55. The second-order valence-electron chi connectivity index (χ2n) is 6.52. The minimum Gasteiger partial charge on any atom is -0.352 e. The number of pyridine rings is 1. The van der Waals surface area contributed by atoms with Gasteiger partial charge in [0.25, 0.3) is 0 Å². The number of thiophene rings is 1. The Morgan fingerprint density at radius 3 is 2.74 bits per heavy atom. The fourth-order valence-corrected chi connectivity index (χ4v) is 3.61. The number of likely N-dealkylation sites (N-methyl/N-ethyl adjacent to an activating group) is 1.